The molecule has 1 atom stereocenters. The number of carbonyl (C=O) groups is 2. The fourth-order valence-electron chi connectivity index (χ4n) is 3.60. The monoisotopic (exact) mass is 429 g/mol. The lowest BCUT2D eigenvalue weighted by Gasteiger charge is -2.17. The summed E-state index contributed by atoms with van der Waals surface area (Å²) in [5.74, 6) is 1.35. The topological polar surface area (TPSA) is 82.5 Å². The van der Waals surface area contributed by atoms with Crippen molar-refractivity contribution < 1.29 is 19.1 Å². The second-order valence-electron chi connectivity index (χ2n) is 7.68. The molecule has 0 aliphatic heterocycles. The van der Waals surface area contributed by atoms with Gasteiger partial charge >= 0.3 is 0 Å². The van der Waals surface area contributed by atoms with Crippen LogP contribution in [-0.2, 0) is 11.3 Å². The van der Waals surface area contributed by atoms with Crippen LogP contribution in [0.25, 0.3) is 11.3 Å². The second kappa shape index (κ2) is 12.1. The molecule has 1 amide bonds. The lowest BCUT2D eigenvalue weighted by molar-refractivity contribution is -0.109. The van der Waals surface area contributed by atoms with Crippen molar-refractivity contribution in [3.8, 4) is 22.8 Å². The van der Waals surface area contributed by atoms with Gasteiger partial charge in [-0.3, -0.25) is 9.48 Å². The zero-order valence-electron chi connectivity index (χ0n) is 19.3. The summed E-state index contributed by atoms with van der Waals surface area (Å²) < 4.78 is 13.0. The number of hydrogen-bond acceptors (Lipinski definition) is 5. The molecule has 0 bridgehead atoms. The minimum absolute atomic E-state index is 0.275. The normalized spacial score (nSPS) is 11.9. The molecule has 0 radical (unpaired) electrons. The van der Waals surface area contributed by atoms with Gasteiger partial charge in [-0.1, -0.05) is 52.5 Å². The Morgan fingerprint density at radius 2 is 1.81 bits per heavy atom. The maximum atomic E-state index is 12.9. The van der Waals surface area contributed by atoms with Crippen molar-refractivity contribution in [3.63, 3.8) is 0 Å². The first-order valence-electron chi connectivity index (χ1n) is 11.1. The van der Waals surface area contributed by atoms with E-state index < -0.39 is 6.04 Å². The second-order valence-corrected chi connectivity index (χ2v) is 7.68. The van der Waals surface area contributed by atoms with Gasteiger partial charge in [0, 0.05) is 6.54 Å². The minimum atomic E-state index is -0.513. The molecule has 170 valence electrons. The molecule has 0 saturated heterocycles. The predicted octanol–water partition coefficient (Wildman–Crippen LogP) is 4.49. The lowest BCUT2D eigenvalue weighted by Crippen LogP contribution is -2.36. The molecule has 0 aliphatic carbocycles. The highest BCUT2D eigenvalue weighted by Crippen LogP contribution is 2.39. The molecule has 0 spiro atoms. The number of nitrogens with zero attached hydrogens (tertiary/aromatic N) is 2. The van der Waals surface area contributed by atoms with Crippen molar-refractivity contribution in [2.24, 2.45) is 5.92 Å². The summed E-state index contributed by atoms with van der Waals surface area (Å²) >= 11 is 0. The summed E-state index contributed by atoms with van der Waals surface area (Å²) in [6.07, 6.45) is 5.25. The van der Waals surface area contributed by atoms with Crippen LogP contribution in [0.1, 0.15) is 63.4 Å². The fourth-order valence-corrected chi connectivity index (χ4v) is 3.60. The zero-order valence-corrected chi connectivity index (χ0v) is 19.3. The van der Waals surface area contributed by atoms with Crippen molar-refractivity contribution in [3.05, 3.63) is 30.0 Å². The molecule has 1 aromatic heterocycles. The molecule has 1 unspecified atom stereocenters. The summed E-state index contributed by atoms with van der Waals surface area (Å²) in [5.41, 5.74) is 1.78. The third kappa shape index (κ3) is 6.09. The first-order valence-corrected chi connectivity index (χ1v) is 11.1. The molecule has 1 N–H and O–H groups in total. The van der Waals surface area contributed by atoms with Gasteiger partial charge < -0.3 is 19.6 Å². The number of benzene rings is 1. The third-order valence-electron chi connectivity index (χ3n) is 5.63. The van der Waals surface area contributed by atoms with Gasteiger partial charge in [0.05, 0.1) is 31.5 Å². The van der Waals surface area contributed by atoms with Crippen LogP contribution in [0.4, 0.5) is 0 Å². The van der Waals surface area contributed by atoms with Gasteiger partial charge in [-0.15, -0.1) is 0 Å². The number of aldehydes is 1. The van der Waals surface area contributed by atoms with Crippen LogP contribution >= 0.6 is 0 Å². The van der Waals surface area contributed by atoms with Gasteiger partial charge in [-0.2, -0.15) is 5.10 Å². The van der Waals surface area contributed by atoms with Gasteiger partial charge in [-0.05, 0) is 30.5 Å². The van der Waals surface area contributed by atoms with E-state index in [0.29, 0.717) is 30.4 Å². The maximum Gasteiger partial charge on any atom is 0.272 e. The molecule has 2 rings (SSSR count). The summed E-state index contributed by atoms with van der Waals surface area (Å²) in [5, 5.41) is 7.42. The zero-order chi connectivity index (χ0) is 22.8. The molecule has 0 fully saturated rings. The number of amides is 1. The number of aromatic nitrogens is 2. The summed E-state index contributed by atoms with van der Waals surface area (Å²) in [6, 6.07) is 6.82. The van der Waals surface area contributed by atoms with Gasteiger partial charge in [0.25, 0.3) is 5.91 Å². The van der Waals surface area contributed by atoms with Crippen LogP contribution in [0.3, 0.4) is 0 Å². The molecule has 0 saturated carbocycles. The highest BCUT2D eigenvalue weighted by Gasteiger charge is 2.23. The highest BCUT2D eigenvalue weighted by molar-refractivity contribution is 5.95. The largest absolute Gasteiger partial charge is 0.496 e. The van der Waals surface area contributed by atoms with Crippen molar-refractivity contribution >= 4 is 12.2 Å². The Hall–Kier alpha value is -2.83. The van der Waals surface area contributed by atoms with Gasteiger partial charge in [-0.25, -0.2) is 0 Å². The average Bonchev–Trinajstić information content (AvgIpc) is 3.22. The van der Waals surface area contributed by atoms with Crippen molar-refractivity contribution in [1.29, 1.82) is 0 Å². The Bertz CT molecular complexity index is 836. The quantitative estimate of drug-likeness (QED) is 0.474. The van der Waals surface area contributed by atoms with Gasteiger partial charge in [0.1, 0.15) is 17.8 Å². The Labute approximate surface area is 185 Å². The average molecular weight is 430 g/mol. The SMILES string of the molecule is CCCCC(C=O)NC(=O)c1cc(-c2c(OC)cccc2OC)n(CC(CC)CC)n1. The predicted molar refractivity (Wildman–Crippen MR) is 122 cm³/mol. The van der Waals surface area contributed by atoms with E-state index in [2.05, 4.69) is 31.2 Å². The Balaban J connectivity index is 2.49. The molecule has 0 aliphatic rings. The van der Waals surface area contributed by atoms with Crippen LogP contribution < -0.4 is 14.8 Å². The first kappa shape index (κ1) is 24.4. The van der Waals surface area contributed by atoms with E-state index in [4.69, 9.17) is 9.47 Å². The van der Waals surface area contributed by atoms with E-state index in [1.807, 2.05) is 22.9 Å². The Kier molecular flexibility index (Phi) is 9.56. The lowest BCUT2D eigenvalue weighted by atomic mass is 10.0. The standard InChI is InChI=1S/C24H35N3O4/c1-6-9-11-18(16-28)25-24(29)19-14-20(27(26-19)15-17(7-2)8-3)23-21(30-4)12-10-13-22(23)31-5/h10,12-14,16-18H,6-9,11,15H2,1-5H3,(H,25,29). The molecular weight excluding hydrogens is 394 g/mol. The van der Waals surface area contributed by atoms with Crippen LogP contribution in [-0.4, -0.2) is 42.2 Å². The number of hydrogen-bond donors (Lipinski definition) is 1. The summed E-state index contributed by atoms with van der Waals surface area (Å²) in [4.78, 5) is 24.3. The van der Waals surface area contributed by atoms with Gasteiger partial charge in [0.2, 0.25) is 0 Å². The molecule has 1 aromatic carbocycles. The van der Waals surface area contributed by atoms with E-state index in [0.717, 1.165) is 43.2 Å². The number of ether oxygens (including phenoxy) is 2. The van der Waals surface area contributed by atoms with E-state index in [-0.39, 0.29) is 11.6 Å². The van der Waals surface area contributed by atoms with E-state index in [9.17, 15) is 9.59 Å². The van der Waals surface area contributed by atoms with Crippen molar-refractivity contribution in [2.75, 3.05) is 14.2 Å². The Morgan fingerprint density at radius 3 is 2.32 bits per heavy atom. The van der Waals surface area contributed by atoms with Gasteiger partial charge in [0.15, 0.2) is 5.69 Å². The molecule has 7 nitrogen and oxygen atoms in total. The number of rotatable bonds is 13. The molecule has 1 heterocycles. The summed E-state index contributed by atoms with van der Waals surface area (Å²) in [7, 11) is 3.21. The smallest absolute Gasteiger partial charge is 0.272 e. The molecule has 7 heteroatoms. The van der Waals surface area contributed by atoms with Crippen LogP contribution in [0.2, 0.25) is 0 Å². The number of nitrogens with one attached hydrogen (secondary N) is 1. The van der Waals surface area contributed by atoms with Crippen molar-refractivity contribution in [1.82, 2.24) is 15.1 Å². The number of methoxy groups -OCH3 is 2. The van der Waals surface area contributed by atoms with E-state index in [1.165, 1.54) is 0 Å². The number of unbranched alkanes of at least 4 members (excludes halogenated alkanes) is 1. The van der Waals surface area contributed by atoms with Crippen molar-refractivity contribution in [2.45, 2.75) is 65.5 Å². The molecule has 2 aromatic rings. The van der Waals surface area contributed by atoms with Crippen LogP contribution in [0.15, 0.2) is 24.3 Å². The maximum absolute atomic E-state index is 12.9. The minimum Gasteiger partial charge on any atom is -0.496 e. The first-order chi connectivity index (χ1) is 15.0. The fraction of sp³-hybridized carbons (Fsp3) is 0.542. The molecular formula is C24H35N3O4. The van der Waals surface area contributed by atoms with E-state index >= 15 is 0 Å². The van der Waals surface area contributed by atoms with Crippen LogP contribution in [0.5, 0.6) is 11.5 Å². The summed E-state index contributed by atoms with van der Waals surface area (Å²) in [6.45, 7) is 7.02. The third-order valence-corrected chi connectivity index (χ3v) is 5.63. The molecule has 31 heavy (non-hydrogen) atoms. The Morgan fingerprint density at radius 1 is 1.16 bits per heavy atom. The van der Waals surface area contributed by atoms with E-state index in [1.54, 1.807) is 20.3 Å². The van der Waals surface area contributed by atoms with Crippen LogP contribution in [0, 0.1) is 5.92 Å². The highest BCUT2D eigenvalue weighted by atomic mass is 16.5. The number of carbonyl (C=O) groups excluding carboxylic acids is 2.